The Morgan fingerprint density at radius 3 is 2.21 bits per heavy atom. The van der Waals surface area contributed by atoms with Gasteiger partial charge in [0.2, 0.25) is 0 Å². The molecule has 0 aliphatic heterocycles. The fourth-order valence-electron chi connectivity index (χ4n) is 3.64. The van der Waals surface area contributed by atoms with Gasteiger partial charge in [0, 0.05) is 27.8 Å². The molecular formula is C25H16F2O7. The van der Waals surface area contributed by atoms with Gasteiger partial charge in [-0.25, -0.2) is 4.79 Å². The Balaban J connectivity index is 1.54. The maximum absolute atomic E-state index is 13.0. The SMILES string of the molecule is COc1cc(C(=O)COC(=O)c2cccc3c2C(=O)c2ccccc2C3=O)ccc1OC(F)F. The van der Waals surface area contributed by atoms with Gasteiger partial charge in [-0.15, -0.1) is 0 Å². The quantitative estimate of drug-likeness (QED) is 0.299. The molecule has 9 heteroatoms. The van der Waals surface area contributed by atoms with Gasteiger partial charge in [0.1, 0.15) is 0 Å². The number of hydrogen-bond acceptors (Lipinski definition) is 7. The molecule has 0 amide bonds. The molecule has 0 saturated heterocycles. The summed E-state index contributed by atoms with van der Waals surface area (Å²) >= 11 is 0. The van der Waals surface area contributed by atoms with Crippen molar-refractivity contribution < 1.29 is 42.2 Å². The molecule has 0 fully saturated rings. The van der Waals surface area contributed by atoms with Crippen LogP contribution in [0.15, 0.2) is 60.7 Å². The van der Waals surface area contributed by atoms with E-state index in [1.165, 1.54) is 49.6 Å². The fourth-order valence-corrected chi connectivity index (χ4v) is 3.64. The summed E-state index contributed by atoms with van der Waals surface area (Å²) in [5.41, 5.74) is 0.295. The summed E-state index contributed by atoms with van der Waals surface area (Å²) in [5, 5.41) is 0. The topological polar surface area (TPSA) is 96.0 Å². The smallest absolute Gasteiger partial charge is 0.387 e. The van der Waals surface area contributed by atoms with Crippen LogP contribution in [0.1, 0.15) is 52.6 Å². The molecule has 3 aromatic rings. The molecule has 172 valence electrons. The molecule has 0 saturated carbocycles. The van der Waals surface area contributed by atoms with Crippen molar-refractivity contribution in [1.29, 1.82) is 0 Å². The number of ketones is 3. The molecule has 34 heavy (non-hydrogen) atoms. The van der Waals surface area contributed by atoms with E-state index in [0.29, 0.717) is 0 Å². The number of Topliss-reactive ketones (excluding diaryl/α,β-unsaturated/α-hetero) is 1. The van der Waals surface area contributed by atoms with Crippen molar-refractivity contribution in [2.24, 2.45) is 0 Å². The minimum atomic E-state index is -3.07. The maximum atomic E-state index is 13.0. The molecule has 0 unspecified atom stereocenters. The number of methoxy groups -OCH3 is 1. The van der Waals surface area contributed by atoms with Gasteiger partial charge in [-0.1, -0.05) is 36.4 Å². The number of halogens is 2. The van der Waals surface area contributed by atoms with E-state index in [-0.39, 0.29) is 44.9 Å². The lowest BCUT2D eigenvalue weighted by Gasteiger charge is -2.19. The van der Waals surface area contributed by atoms with Crippen LogP contribution in [0.25, 0.3) is 0 Å². The highest BCUT2D eigenvalue weighted by Gasteiger charge is 2.33. The molecule has 0 N–H and O–H groups in total. The highest BCUT2D eigenvalue weighted by molar-refractivity contribution is 6.30. The molecule has 1 aliphatic carbocycles. The average molecular weight is 466 g/mol. The number of fused-ring (bicyclic) bond motifs is 2. The molecule has 1 aliphatic rings. The van der Waals surface area contributed by atoms with Gasteiger partial charge in [0.05, 0.1) is 12.7 Å². The zero-order chi connectivity index (χ0) is 24.4. The van der Waals surface area contributed by atoms with Crippen molar-refractivity contribution >= 4 is 23.3 Å². The summed E-state index contributed by atoms with van der Waals surface area (Å²) in [6, 6.07) is 14.1. The normalized spacial score (nSPS) is 12.1. The second-order valence-electron chi connectivity index (χ2n) is 7.18. The van der Waals surface area contributed by atoms with Crippen LogP contribution < -0.4 is 9.47 Å². The van der Waals surface area contributed by atoms with Crippen LogP contribution in [0.3, 0.4) is 0 Å². The van der Waals surface area contributed by atoms with E-state index in [1.807, 2.05) is 0 Å². The van der Waals surface area contributed by atoms with Gasteiger partial charge < -0.3 is 14.2 Å². The number of benzene rings is 3. The average Bonchev–Trinajstić information content (AvgIpc) is 2.85. The van der Waals surface area contributed by atoms with Crippen molar-refractivity contribution in [2.45, 2.75) is 6.61 Å². The minimum Gasteiger partial charge on any atom is -0.493 e. The summed E-state index contributed by atoms with van der Waals surface area (Å²) in [4.78, 5) is 51.1. The van der Waals surface area contributed by atoms with Crippen LogP contribution in [-0.4, -0.2) is 43.6 Å². The van der Waals surface area contributed by atoms with Gasteiger partial charge in [0.15, 0.2) is 35.5 Å². The molecule has 4 rings (SSSR count). The van der Waals surface area contributed by atoms with Gasteiger partial charge in [-0.3, -0.25) is 14.4 Å². The number of rotatable bonds is 7. The number of ether oxygens (including phenoxy) is 3. The standard InChI is InChI=1S/C25H16F2O7/c1-32-20-11-13(9-10-19(20)34-25(26)27)18(28)12-33-24(31)17-8-4-7-16-21(17)23(30)15-6-3-2-5-14(15)22(16)29/h2-11,25H,12H2,1H3. The number of hydrogen-bond donors (Lipinski definition) is 0. The van der Waals surface area contributed by atoms with E-state index >= 15 is 0 Å². The first kappa shape index (κ1) is 22.8. The van der Waals surface area contributed by atoms with E-state index in [1.54, 1.807) is 12.1 Å². The largest absolute Gasteiger partial charge is 0.493 e. The Labute approximate surface area is 191 Å². The van der Waals surface area contributed by atoms with Gasteiger partial charge in [-0.05, 0) is 24.3 Å². The van der Waals surface area contributed by atoms with E-state index in [0.717, 1.165) is 6.07 Å². The zero-order valence-electron chi connectivity index (χ0n) is 17.7. The highest BCUT2D eigenvalue weighted by atomic mass is 19.3. The number of esters is 1. The van der Waals surface area contributed by atoms with Gasteiger partial charge in [0.25, 0.3) is 0 Å². The van der Waals surface area contributed by atoms with Crippen molar-refractivity contribution in [3.63, 3.8) is 0 Å². The Bertz CT molecular complexity index is 1330. The monoisotopic (exact) mass is 466 g/mol. The van der Waals surface area contributed by atoms with Crippen molar-refractivity contribution in [2.75, 3.05) is 13.7 Å². The number of carbonyl (C=O) groups excluding carboxylic acids is 4. The van der Waals surface area contributed by atoms with Crippen molar-refractivity contribution in [1.82, 2.24) is 0 Å². The first-order valence-electron chi connectivity index (χ1n) is 9.96. The van der Waals surface area contributed by atoms with Gasteiger partial charge >= 0.3 is 12.6 Å². The number of alkyl halides is 2. The predicted molar refractivity (Wildman–Crippen MR) is 114 cm³/mol. The summed E-state index contributed by atoms with van der Waals surface area (Å²) in [5.74, 6) is -2.86. The summed E-state index contributed by atoms with van der Waals surface area (Å²) in [6.45, 7) is -3.77. The van der Waals surface area contributed by atoms with E-state index in [9.17, 15) is 28.0 Å². The zero-order valence-corrected chi connectivity index (χ0v) is 17.7. The highest BCUT2D eigenvalue weighted by Crippen LogP contribution is 2.31. The molecule has 0 aromatic heterocycles. The predicted octanol–water partition coefficient (Wildman–Crippen LogP) is 4.11. The van der Waals surface area contributed by atoms with E-state index in [4.69, 9.17) is 9.47 Å². The lowest BCUT2D eigenvalue weighted by molar-refractivity contribution is -0.0512. The lowest BCUT2D eigenvalue weighted by atomic mass is 9.82. The molecule has 0 atom stereocenters. The minimum absolute atomic E-state index is 0.0292. The second-order valence-corrected chi connectivity index (χ2v) is 7.18. The third-order valence-corrected chi connectivity index (χ3v) is 5.21. The van der Waals surface area contributed by atoms with Crippen LogP contribution in [0, 0.1) is 0 Å². The third-order valence-electron chi connectivity index (χ3n) is 5.21. The first-order chi connectivity index (χ1) is 16.3. The van der Waals surface area contributed by atoms with Gasteiger partial charge in [-0.2, -0.15) is 8.78 Å². The molecule has 0 bridgehead atoms. The second kappa shape index (κ2) is 9.22. The summed E-state index contributed by atoms with van der Waals surface area (Å²) in [6.07, 6.45) is 0. The van der Waals surface area contributed by atoms with Crippen molar-refractivity contribution in [3.8, 4) is 11.5 Å². The molecule has 3 aromatic carbocycles. The molecule has 7 nitrogen and oxygen atoms in total. The van der Waals surface area contributed by atoms with Crippen LogP contribution in [0.5, 0.6) is 11.5 Å². The van der Waals surface area contributed by atoms with Crippen LogP contribution in [-0.2, 0) is 4.74 Å². The van der Waals surface area contributed by atoms with E-state index < -0.39 is 36.5 Å². The summed E-state index contributed by atoms with van der Waals surface area (Å²) in [7, 11) is 1.22. The fraction of sp³-hybridized carbons (Fsp3) is 0.120. The Morgan fingerprint density at radius 2 is 1.53 bits per heavy atom. The van der Waals surface area contributed by atoms with Crippen molar-refractivity contribution in [3.05, 3.63) is 94.0 Å². The molecule has 0 spiro atoms. The Hall–Kier alpha value is -4.40. The lowest BCUT2D eigenvalue weighted by Crippen LogP contribution is -2.25. The van der Waals surface area contributed by atoms with Crippen LogP contribution >= 0.6 is 0 Å². The maximum Gasteiger partial charge on any atom is 0.387 e. The number of carbonyl (C=O) groups is 4. The van der Waals surface area contributed by atoms with Crippen LogP contribution in [0.2, 0.25) is 0 Å². The summed E-state index contributed by atoms with van der Waals surface area (Å²) < 4.78 is 39.3. The molecular weight excluding hydrogens is 450 g/mol. The third kappa shape index (κ3) is 4.15. The molecule has 0 heterocycles. The Kier molecular flexibility index (Phi) is 6.18. The van der Waals surface area contributed by atoms with Crippen LogP contribution in [0.4, 0.5) is 8.78 Å². The van der Waals surface area contributed by atoms with E-state index in [2.05, 4.69) is 4.74 Å². The molecule has 0 radical (unpaired) electrons. The Morgan fingerprint density at radius 1 is 0.853 bits per heavy atom. The first-order valence-corrected chi connectivity index (χ1v) is 9.96.